The molecule has 1 unspecified atom stereocenters. The predicted molar refractivity (Wildman–Crippen MR) is 95.6 cm³/mol. The summed E-state index contributed by atoms with van der Waals surface area (Å²) in [6, 6.07) is 9.07. The maximum atomic E-state index is 5.18. The van der Waals surface area contributed by atoms with Crippen molar-refractivity contribution in [3.8, 4) is 0 Å². The highest BCUT2D eigenvalue weighted by atomic mass is 16.5. The monoisotopic (exact) mass is 318 g/mol. The lowest BCUT2D eigenvalue weighted by Gasteiger charge is -2.24. The molecule has 0 bridgehead atoms. The van der Waals surface area contributed by atoms with Crippen molar-refractivity contribution in [3.63, 3.8) is 0 Å². The fourth-order valence-corrected chi connectivity index (χ4v) is 3.16. The van der Waals surface area contributed by atoms with E-state index in [1.54, 1.807) is 7.11 Å². The second-order valence-corrected chi connectivity index (χ2v) is 5.98. The number of guanidine groups is 1. The predicted octanol–water partition coefficient (Wildman–Crippen LogP) is 1.98. The Kier molecular flexibility index (Phi) is 7.36. The Morgan fingerprint density at radius 1 is 1.35 bits per heavy atom. The normalized spacial score (nSPS) is 19.1. The second kappa shape index (κ2) is 9.53. The van der Waals surface area contributed by atoms with Crippen molar-refractivity contribution in [2.75, 3.05) is 33.8 Å². The van der Waals surface area contributed by atoms with Gasteiger partial charge >= 0.3 is 0 Å². The van der Waals surface area contributed by atoms with Gasteiger partial charge < -0.3 is 15.4 Å². The van der Waals surface area contributed by atoms with Gasteiger partial charge in [0, 0.05) is 33.3 Å². The van der Waals surface area contributed by atoms with E-state index in [0.717, 1.165) is 25.6 Å². The molecule has 5 heteroatoms. The lowest BCUT2D eigenvalue weighted by molar-refractivity contribution is 0.185. The summed E-state index contributed by atoms with van der Waals surface area (Å²) in [7, 11) is 3.54. The van der Waals surface area contributed by atoms with Gasteiger partial charge in [-0.05, 0) is 37.1 Å². The number of likely N-dealkylation sites (N-methyl/N-ethyl adjacent to an activating group) is 1. The highest BCUT2D eigenvalue weighted by Crippen LogP contribution is 2.15. The smallest absolute Gasteiger partial charge is 0.191 e. The third-order valence-corrected chi connectivity index (χ3v) is 4.40. The first kappa shape index (κ1) is 17.8. The van der Waals surface area contributed by atoms with E-state index in [1.807, 2.05) is 7.05 Å². The molecular weight excluding hydrogens is 288 g/mol. The van der Waals surface area contributed by atoms with Crippen molar-refractivity contribution in [1.29, 1.82) is 0 Å². The first-order valence-corrected chi connectivity index (χ1v) is 8.52. The quantitative estimate of drug-likeness (QED) is 0.596. The molecule has 1 saturated heterocycles. The summed E-state index contributed by atoms with van der Waals surface area (Å²) >= 11 is 0. The maximum Gasteiger partial charge on any atom is 0.191 e. The van der Waals surface area contributed by atoms with E-state index in [9.17, 15) is 0 Å². The third kappa shape index (κ3) is 5.52. The Labute approximate surface area is 140 Å². The van der Waals surface area contributed by atoms with Crippen molar-refractivity contribution < 1.29 is 4.74 Å². The number of nitrogens with one attached hydrogen (secondary N) is 2. The fourth-order valence-electron chi connectivity index (χ4n) is 3.16. The molecule has 2 rings (SSSR count). The Bertz CT molecular complexity index is 504. The highest BCUT2D eigenvalue weighted by Gasteiger charge is 2.22. The molecule has 1 fully saturated rings. The van der Waals surface area contributed by atoms with E-state index in [4.69, 9.17) is 4.74 Å². The average molecular weight is 318 g/mol. The van der Waals surface area contributed by atoms with Crippen LogP contribution in [0.25, 0.3) is 0 Å². The molecule has 1 aromatic rings. The van der Waals surface area contributed by atoms with Crippen molar-refractivity contribution in [1.82, 2.24) is 15.5 Å². The number of aliphatic imine (C=N–C) groups is 1. The SMILES string of the molecule is CCN1CCCC1CNC(=NC)NCc1cccc(COC)c1. The van der Waals surface area contributed by atoms with Gasteiger partial charge in [-0.25, -0.2) is 0 Å². The molecule has 0 aromatic heterocycles. The van der Waals surface area contributed by atoms with Crippen LogP contribution in [0.2, 0.25) is 0 Å². The molecule has 1 aliphatic rings. The van der Waals surface area contributed by atoms with Gasteiger partial charge in [0.1, 0.15) is 0 Å². The molecular formula is C18H30N4O. The van der Waals surface area contributed by atoms with Crippen molar-refractivity contribution in [3.05, 3.63) is 35.4 Å². The number of methoxy groups -OCH3 is 1. The van der Waals surface area contributed by atoms with E-state index < -0.39 is 0 Å². The van der Waals surface area contributed by atoms with Crippen LogP contribution in [-0.2, 0) is 17.9 Å². The molecule has 1 aromatic carbocycles. The van der Waals surface area contributed by atoms with Crippen LogP contribution in [-0.4, -0.2) is 50.7 Å². The Morgan fingerprint density at radius 2 is 2.17 bits per heavy atom. The van der Waals surface area contributed by atoms with Crippen LogP contribution in [0.4, 0.5) is 0 Å². The summed E-state index contributed by atoms with van der Waals surface area (Å²) in [6.07, 6.45) is 2.58. The topological polar surface area (TPSA) is 48.9 Å². The summed E-state index contributed by atoms with van der Waals surface area (Å²) < 4.78 is 5.18. The second-order valence-electron chi connectivity index (χ2n) is 5.98. The van der Waals surface area contributed by atoms with Gasteiger partial charge in [0.15, 0.2) is 5.96 Å². The number of likely N-dealkylation sites (tertiary alicyclic amines) is 1. The van der Waals surface area contributed by atoms with Gasteiger partial charge in [-0.2, -0.15) is 0 Å². The first-order valence-electron chi connectivity index (χ1n) is 8.52. The third-order valence-electron chi connectivity index (χ3n) is 4.40. The fraction of sp³-hybridized carbons (Fsp3) is 0.611. The van der Waals surface area contributed by atoms with Crippen molar-refractivity contribution in [2.45, 2.75) is 39.0 Å². The van der Waals surface area contributed by atoms with Crippen LogP contribution in [0.1, 0.15) is 30.9 Å². The molecule has 0 amide bonds. The van der Waals surface area contributed by atoms with E-state index in [2.05, 4.69) is 51.7 Å². The zero-order chi connectivity index (χ0) is 16.5. The number of hydrogen-bond acceptors (Lipinski definition) is 3. The zero-order valence-corrected chi connectivity index (χ0v) is 14.6. The molecule has 0 spiro atoms. The maximum absolute atomic E-state index is 5.18. The minimum absolute atomic E-state index is 0.628. The van der Waals surface area contributed by atoms with E-state index in [-0.39, 0.29) is 0 Å². The Balaban J connectivity index is 1.80. The first-order chi connectivity index (χ1) is 11.3. The lowest BCUT2D eigenvalue weighted by Crippen LogP contribution is -2.44. The molecule has 0 saturated carbocycles. The summed E-state index contributed by atoms with van der Waals surface area (Å²) in [5.41, 5.74) is 2.43. The number of ether oxygens (including phenoxy) is 1. The van der Waals surface area contributed by atoms with Gasteiger partial charge in [0.2, 0.25) is 0 Å². The summed E-state index contributed by atoms with van der Waals surface area (Å²) in [5, 5.41) is 6.85. The molecule has 5 nitrogen and oxygen atoms in total. The van der Waals surface area contributed by atoms with Gasteiger partial charge in [-0.15, -0.1) is 0 Å². The molecule has 1 heterocycles. The number of rotatable bonds is 7. The largest absolute Gasteiger partial charge is 0.380 e. The highest BCUT2D eigenvalue weighted by molar-refractivity contribution is 5.79. The standard InChI is InChI=1S/C18H30N4O/c1-4-22-10-6-9-17(22)13-21-18(19-2)20-12-15-7-5-8-16(11-15)14-23-3/h5,7-8,11,17H,4,6,9-10,12-14H2,1-3H3,(H2,19,20,21). The molecule has 128 valence electrons. The number of nitrogens with zero attached hydrogens (tertiary/aromatic N) is 2. The number of hydrogen-bond donors (Lipinski definition) is 2. The average Bonchev–Trinajstić information content (AvgIpc) is 3.03. The minimum atomic E-state index is 0.628. The Hall–Kier alpha value is -1.59. The van der Waals surface area contributed by atoms with Gasteiger partial charge in [0.25, 0.3) is 0 Å². The minimum Gasteiger partial charge on any atom is -0.380 e. The van der Waals surface area contributed by atoms with Crippen LogP contribution >= 0.6 is 0 Å². The van der Waals surface area contributed by atoms with Crippen molar-refractivity contribution in [2.24, 2.45) is 4.99 Å². The van der Waals surface area contributed by atoms with Crippen LogP contribution in [0, 0.1) is 0 Å². The zero-order valence-electron chi connectivity index (χ0n) is 14.6. The molecule has 23 heavy (non-hydrogen) atoms. The van der Waals surface area contributed by atoms with Crippen LogP contribution in [0.5, 0.6) is 0 Å². The van der Waals surface area contributed by atoms with Crippen LogP contribution in [0.15, 0.2) is 29.3 Å². The van der Waals surface area contributed by atoms with Gasteiger partial charge in [0.05, 0.1) is 6.61 Å². The van der Waals surface area contributed by atoms with E-state index in [1.165, 1.54) is 30.5 Å². The molecule has 2 N–H and O–H groups in total. The van der Waals surface area contributed by atoms with E-state index >= 15 is 0 Å². The van der Waals surface area contributed by atoms with Gasteiger partial charge in [-0.3, -0.25) is 9.89 Å². The summed E-state index contributed by atoms with van der Waals surface area (Å²) in [6.45, 7) is 6.95. The lowest BCUT2D eigenvalue weighted by atomic mass is 10.1. The molecule has 1 atom stereocenters. The molecule has 0 aliphatic carbocycles. The Morgan fingerprint density at radius 3 is 2.91 bits per heavy atom. The van der Waals surface area contributed by atoms with Crippen LogP contribution in [0.3, 0.4) is 0 Å². The molecule has 1 aliphatic heterocycles. The van der Waals surface area contributed by atoms with Crippen LogP contribution < -0.4 is 10.6 Å². The van der Waals surface area contributed by atoms with Gasteiger partial charge in [-0.1, -0.05) is 31.2 Å². The summed E-state index contributed by atoms with van der Waals surface area (Å²) in [5.74, 6) is 0.866. The summed E-state index contributed by atoms with van der Waals surface area (Å²) in [4.78, 5) is 6.86. The van der Waals surface area contributed by atoms with Crippen molar-refractivity contribution >= 4 is 5.96 Å². The van der Waals surface area contributed by atoms with E-state index in [0.29, 0.717) is 12.6 Å². The number of benzene rings is 1. The molecule has 0 radical (unpaired) electrons.